The minimum Gasteiger partial charge on any atom is -0.289 e. The molecule has 0 saturated carbocycles. The third-order valence-electron chi connectivity index (χ3n) is 2.47. The van der Waals surface area contributed by atoms with Gasteiger partial charge in [-0.05, 0) is 42.8 Å². The van der Waals surface area contributed by atoms with Gasteiger partial charge in [-0.2, -0.15) is 0 Å². The van der Waals surface area contributed by atoms with E-state index in [9.17, 15) is 4.79 Å². The first-order chi connectivity index (χ1) is 8.65. The van der Waals surface area contributed by atoms with E-state index < -0.39 is 0 Å². The van der Waals surface area contributed by atoms with Gasteiger partial charge >= 0.3 is 0 Å². The van der Waals surface area contributed by atoms with Crippen LogP contribution in [-0.2, 0) is 0 Å². The van der Waals surface area contributed by atoms with E-state index in [0.717, 1.165) is 11.3 Å². The lowest BCUT2D eigenvalue weighted by Gasteiger charge is -1.97. The summed E-state index contributed by atoms with van der Waals surface area (Å²) in [6.45, 7) is 1.88. The van der Waals surface area contributed by atoms with Gasteiger partial charge < -0.3 is 0 Å². The van der Waals surface area contributed by atoms with Crippen LogP contribution in [0.25, 0.3) is 6.08 Å². The number of hydrogen-bond donors (Lipinski definition) is 0. The quantitative estimate of drug-likeness (QED) is 0.616. The standard InChI is InChI=1S/C15H12ClNO/c1-11-5-7-13(10-17-11)15(18)8-6-12-3-2-4-14(16)9-12/h2-10H,1H3/b8-6+. The lowest BCUT2D eigenvalue weighted by atomic mass is 10.1. The van der Waals surface area contributed by atoms with Crippen LogP contribution in [0.5, 0.6) is 0 Å². The molecule has 90 valence electrons. The molecule has 0 bridgehead atoms. The zero-order chi connectivity index (χ0) is 13.0. The molecular weight excluding hydrogens is 246 g/mol. The highest BCUT2D eigenvalue weighted by molar-refractivity contribution is 6.30. The second-order valence-electron chi connectivity index (χ2n) is 3.94. The number of hydrogen-bond acceptors (Lipinski definition) is 2. The van der Waals surface area contributed by atoms with Crippen molar-refractivity contribution in [3.05, 3.63) is 70.5 Å². The second-order valence-corrected chi connectivity index (χ2v) is 4.38. The van der Waals surface area contributed by atoms with Gasteiger partial charge in [0.1, 0.15) is 0 Å². The van der Waals surface area contributed by atoms with E-state index in [0.29, 0.717) is 10.6 Å². The Labute approximate surface area is 111 Å². The van der Waals surface area contributed by atoms with Crippen LogP contribution in [-0.4, -0.2) is 10.8 Å². The minimum atomic E-state index is -0.0672. The SMILES string of the molecule is Cc1ccc(C(=O)/C=C/c2cccc(Cl)c2)cn1. The molecule has 18 heavy (non-hydrogen) atoms. The molecule has 0 fully saturated rings. The molecule has 0 amide bonds. The van der Waals surface area contributed by atoms with E-state index in [1.807, 2.05) is 25.1 Å². The van der Waals surface area contributed by atoms with E-state index in [1.165, 1.54) is 6.08 Å². The highest BCUT2D eigenvalue weighted by atomic mass is 35.5. The van der Waals surface area contributed by atoms with Crippen molar-refractivity contribution >= 4 is 23.5 Å². The summed E-state index contributed by atoms with van der Waals surface area (Å²) < 4.78 is 0. The largest absolute Gasteiger partial charge is 0.289 e. The Kier molecular flexibility index (Phi) is 3.90. The number of ketones is 1. The number of rotatable bonds is 3. The molecular formula is C15H12ClNO. The van der Waals surface area contributed by atoms with E-state index in [-0.39, 0.29) is 5.78 Å². The summed E-state index contributed by atoms with van der Waals surface area (Å²) in [6, 6.07) is 10.9. The first-order valence-corrected chi connectivity index (χ1v) is 5.93. The van der Waals surface area contributed by atoms with Crippen molar-refractivity contribution in [2.75, 3.05) is 0 Å². The molecule has 0 aliphatic rings. The van der Waals surface area contributed by atoms with E-state index in [4.69, 9.17) is 11.6 Å². The van der Waals surface area contributed by atoms with Gasteiger partial charge in [0, 0.05) is 22.5 Å². The van der Waals surface area contributed by atoms with Crippen LogP contribution in [0, 0.1) is 6.92 Å². The number of nitrogens with zero attached hydrogens (tertiary/aromatic N) is 1. The molecule has 2 rings (SSSR count). The van der Waals surface area contributed by atoms with Gasteiger partial charge in [0.15, 0.2) is 5.78 Å². The van der Waals surface area contributed by atoms with Crippen LogP contribution in [0.1, 0.15) is 21.6 Å². The zero-order valence-electron chi connectivity index (χ0n) is 9.93. The fourth-order valence-corrected chi connectivity index (χ4v) is 1.69. The van der Waals surface area contributed by atoms with E-state index in [1.54, 1.807) is 30.5 Å². The topological polar surface area (TPSA) is 30.0 Å². The Morgan fingerprint density at radius 2 is 2.11 bits per heavy atom. The summed E-state index contributed by atoms with van der Waals surface area (Å²) in [5, 5.41) is 0.654. The molecule has 0 aliphatic carbocycles. The Morgan fingerprint density at radius 1 is 1.28 bits per heavy atom. The number of aryl methyl sites for hydroxylation is 1. The van der Waals surface area contributed by atoms with Gasteiger partial charge in [-0.25, -0.2) is 0 Å². The summed E-state index contributed by atoms with van der Waals surface area (Å²) in [4.78, 5) is 15.9. The van der Waals surface area contributed by atoms with Gasteiger partial charge in [-0.1, -0.05) is 29.8 Å². The lowest BCUT2D eigenvalue weighted by molar-refractivity contribution is 0.104. The van der Waals surface area contributed by atoms with Gasteiger partial charge in [0.05, 0.1) is 0 Å². The monoisotopic (exact) mass is 257 g/mol. The molecule has 0 saturated heterocycles. The van der Waals surface area contributed by atoms with Crippen molar-refractivity contribution in [1.82, 2.24) is 4.98 Å². The number of pyridine rings is 1. The van der Waals surface area contributed by atoms with Crippen molar-refractivity contribution in [3.63, 3.8) is 0 Å². The maximum atomic E-state index is 11.9. The zero-order valence-corrected chi connectivity index (χ0v) is 10.7. The van der Waals surface area contributed by atoms with Gasteiger partial charge in [-0.3, -0.25) is 9.78 Å². The van der Waals surface area contributed by atoms with Crippen LogP contribution < -0.4 is 0 Å². The van der Waals surface area contributed by atoms with Crippen molar-refractivity contribution in [2.24, 2.45) is 0 Å². The molecule has 2 nitrogen and oxygen atoms in total. The number of benzene rings is 1. The average Bonchev–Trinajstić information content (AvgIpc) is 2.37. The third-order valence-corrected chi connectivity index (χ3v) is 2.71. The molecule has 0 atom stereocenters. The Bertz CT molecular complexity index is 588. The Hall–Kier alpha value is -1.93. The first-order valence-electron chi connectivity index (χ1n) is 5.56. The van der Waals surface area contributed by atoms with Gasteiger partial charge in [0.2, 0.25) is 0 Å². The molecule has 1 heterocycles. The minimum absolute atomic E-state index is 0.0672. The van der Waals surface area contributed by atoms with Crippen LogP contribution in [0.15, 0.2) is 48.7 Å². The normalized spacial score (nSPS) is 10.8. The number of allylic oxidation sites excluding steroid dienone is 1. The molecule has 1 aromatic heterocycles. The number of aromatic nitrogens is 1. The first kappa shape index (κ1) is 12.5. The fraction of sp³-hybridized carbons (Fsp3) is 0.0667. The van der Waals surface area contributed by atoms with E-state index >= 15 is 0 Å². The predicted octanol–water partition coefficient (Wildman–Crippen LogP) is 3.94. The number of carbonyl (C=O) groups is 1. The molecule has 0 radical (unpaired) electrons. The number of halogens is 1. The second kappa shape index (κ2) is 5.61. The molecule has 1 aromatic carbocycles. The van der Waals surface area contributed by atoms with E-state index in [2.05, 4.69) is 4.98 Å². The Balaban J connectivity index is 2.14. The molecule has 2 aromatic rings. The Morgan fingerprint density at radius 3 is 2.78 bits per heavy atom. The highest BCUT2D eigenvalue weighted by Gasteiger charge is 2.01. The van der Waals surface area contributed by atoms with Crippen molar-refractivity contribution < 1.29 is 4.79 Å². The highest BCUT2D eigenvalue weighted by Crippen LogP contribution is 2.12. The van der Waals surface area contributed by atoms with Gasteiger partial charge in [-0.15, -0.1) is 0 Å². The summed E-state index contributed by atoms with van der Waals surface area (Å²) in [5.74, 6) is -0.0672. The van der Waals surface area contributed by atoms with Crippen LogP contribution in [0.4, 0.5) is 0 Å². The summed E-state index contributed by atoms with van der Waals surface area (Å²) in [5.41, 5.74) is 2.38. The summed E-state index contributed by atoms with van der Waals surface area (Å²) >= 11 is 5.87. The third kappa shape index (κ3) is 3.28. The molecule has 0 unspecified atom stereocenters. The van der Waals surface area contributed by atoms with Crippen LogP contribution in [0.2, 0.25) is 5.02 Å². The molecule has 3 heteroatoms. The fourth-order valence-electron chi connectivity index (χ4n) is 1.49. The lowest BCUT2D eigenvalue weighted by Crippen LogP contribution is -1.95. The maximum absolute atomic E-state index is 11.9. The average molecular weight is 258 g/mol. The smallest absolute Gasteiger partial charge is 0.187 e. The molecule has 0 aliphatic heterocycles. The van der Waals surface area contributed by atoms with Crippen molar-refractivity contribution in [2.45, 2.75) is 6.92 Å². The van der Waals surface area contributed by atoms with Gasteiger partial charge in [0.25, 0.3) is 0 Å². The summed E-state index contributed by atoms with van der Waals surface area (Å²) in [7, 11) is 0. The summed E-state index contributed by atoms with van der Waals surface area (Å²) in [6.07, 6.45) is 4.85. The molecule has 0 N–H and O–H groups in total. The molecule has 0 spiro atoms. The number of carbonyl (C=O) groups excluding carboxylic acids is 1. The van der Waals surface area contributed by atoms with Crippen LogP contribution >= 0.6 is 11.6 Å². The van der Waals surface area contributed by atoms with Crippen molar-refractivity contribution in [3.8, 4) is 0 Å². The van der Waals surface area contributed by atoms with Crippen LogP contribution in [0.3, 0.4) is 0 Å². The maximum Gasteiger partial charge on any atom is 0.187 e. The van der Waals surface area contributed by atoms with Crippen molar-refractivity contribution in [1.29, 1.82) is 0 Å². The predicted molar refractivity (Wildman–Crippen MR) is 73.8 cm³/mol.